The fourth-order valence-corrected chi connectivity index (χ4v) is 1.06. The summed E-state index contributed by atoms with van der Waals surface area (Å²) in [5.74, 6) is 6.15. The molecule has 0 saturated heterocycles. The van der Waals surface area contributed by atoms with Gasteiger partial charge in [-0.2, -0.15) is 0 Å². The van der Waals surface area contributed by atoms with Crippen LogP contribution in [0.15, 0.2) is 24.3 Å². The van der Waals surface area contributed by atoms with E-state index in [0.717, 1.165) is 5.75 Å². The predicted octanol–water partition coefficient (Wildman–Crippen LogP) is 2.93. The first-order valence-electron chi connectivity index (χ1n) is 5.14. The summed E-state index contributed by atoms with van der Waals surface area (Å²) in [5, 5.41) is 0. The highest BCUT2D eigenvalue weighted by Gasteiger charge is 2.06. The third-order valence-electron chi connectivity index (χ3n) is 1.90. The second-order valence-corrected chi connectivity index (χ2v) is 4.56. The Hall–Kier alpha value is -1.75. The monoisotopic (exact) mass is 216 g/mol. The summed E-state index contributed by atoms with van der Waals surface area (Å²) in [6.45, 7) is 5.92. The Labute approximate surface area is 96.6 Å². The maximum atomic E-state index is 11.7. The standard InChI is InChI=1S/C14H16O2/c1-14(2,3)10-9-13(15)11-5-7-12(16-4)8-6-11/h5-8H,1-4H3. The van der Waals surface area contributed by atoms with Gasteiger partial charge in [0.1, 0.15) is 5.75 Å². The largest absolute Gasteiger partial charge is 0.497 e. The van der Waals surface area contributed by atoms with Crippen molar-refractivity contribution in [2.75, 3.05) is 7.11 Å². The van der Waals surface area contributed by atoms with Crippen molar-refractivity contribution in [1.82, 2.24) is 0 Å². The molecule has 0 aliphatic carbocycles. The Morgan fingerprint density at radius 3 is 2.19 bits per heavy atom. The third kappa shape index (κ3) is 3.78. The highest BCUT2D eigenvalue weighted by molar-refractivity contribution is 6.09. The van der Waals surface area contributed by atoms with Gasteiger partial charge in [0.05, 0.1) is 7.11 Å². The molecular formula is C14H16O2. The molecule has 0 fully saturated rings. The first-order valence-corrected chi connectivity index (χ1v) is 5.14. The number of hydrogen-bond donors (Lipinski definition) is 0. The van der Waals surface area contributed by atoms with Crippen LogP contribution in [0, 0.1) is 17.3 Å². The van der Waals surface area contributed by atoms with Gasteiger partial charge in [0, 0.05) is 11.0 Å². The molecule has 2 heteroatoms. The van der Waals surface area contributed by atoms with Crippen molar-refractivity contribution in [3.8, 4) is 17.6 Å². The molecule has 2 nitrogen and oxygen atoms in total. The van der Waals surface area contributed by atoms with Crippen LogP contribution in [-0.4, -0.2) is 12.9 Å². The first kappa shape index (κ1) is 12.3. The summed E-state index contributed by atoms with van der Waals surface area (Å²) in [6.07, 6.45) is 0. The van der Waals surface area contributed by atoms with Crippen LogP contribution < -0.4 is 4.74 Å². The van der Waals surface area contributed by atoms with E-state index in [1.54, 1.807) is 31.4 Å². The van der Waals surface area contributed by atoms with Gasteiger partial charge in [0.25, 0.3) is 0 Å². The maximum Gasteiger partial charge on any atom is 0.235 e. The van der Waals surface area contributed by atoms with E-state index in [0.29, 0.717) is 5.56 Å². The molecule has 84 valence electrons. The van der Waals surface area contributed by atoms with Crippen LogP contribution in [0.4, 0.5) is 0 Å². The molecule has 0 heterocycles. The van der Waals surface area contributed by atoms with E-state index in [1.807, 2.05) is 20.8 Å². The summed E-state index contributed by atoms with van der Waals surface area (Å²) in [5.41, 5.74) is 0.444. The highest BCUT2D eigenvalue weighted by atomic mass is 16.5. The second kappa shape index (κ2) is 4.85. The lowest BCUT2D eigenvalue weighted by molar-refractivity contribution is 0.105. The van der Waals surface area contributed by atoms with Crippen LogP contribution in [0.3, 0.4) is 0 Å². The summed E-state index contributed by atoms with van der Waals surface area (Å²) in [4.78, 5) is 11.7. The lowest BCUT2D eigenvalue weighted by Gasteiger charge is -2.06. The number of carbonyl (C=O) groups is 1. The van der Waals surface area contributed by atoms with E-state index >= 15 is 0 Å². The summed E-state index contributed by atoms with van der Waals surface area (Å²) in [7, 11) is 1.59. The highest BCUT2D eigenvalue weighted by Crippen LogP contribution is 2.13. The molecule has 0 radical (unpaired) electrons. The smallest absolute Gasteiger partial charge is 0.235 e. The van der Waals surface area contributed by atoms with Crippen LogP contribution in [0.2, 0.25) is 0 Å². The molecule has 16 heavy (non-hydrogen) atoms. The average molecular weight is 216 g/mol. The van der Waals surface area contributed by atoms with Crippen LogP contribution in [0.5, 0.6) is 5.75 Å². The molecule has 0 amide bonds. The number of methoxy groups -OCH3 is 1. The van der Waals surface area contributed by atoms with Crippen molar-refractivity contribution in [2.45, 2.75) is 20.8 Å². The predicted molar refractivity (Wildman–Crippen MR) is 64.6 cm³/mol. The Balaban J connectivity index is 2.84. The van der Waals surface area contributed by atoms with Crippen molar-refractivity contribution < 1.29 is 9.53 Å². The average Bonchev–Trinajstić information content (AvgIpc) is 2.25. The van der Waals surface area contributed by atoms with Crippen molar-refractivity contribution in [3.63, 3.8) is 0 Å². The van der Waals surface area contributed by atoms with E-state index in [1.165, 1.54) is 0 Å². The quantitative estimate of drug-likeness (QED) is 0.431. The molecule has 0 bridgehead atoms. The van der Waals surface area contributed by atoms with Crippen molar-refractivity contribution in [3.05, 3.63) is 29.8 Å². The number of carbonyl (C=O) groups excluding carboxylic acids is 1. The second-order valence-electron chi connectivity index (χ2n) is 4.56. The third-order valence-corrected chi connectivity index (χ3v) is 1.90. The lowest BCUT2D eigenvalue weighted by atomic mass is 9.97. The summed E-state index contributed by atoms with van der Waals surface area (Å²) < 4.78 is 5.02. The topological polar surface area (TPSA) is 26.3 Å². The Kier molecular flexibility index (Phi) is 3.73. The Morgan fingerprint density at radius 1 is 1.19 bits per heavy atom. The first-order chi connectivity index (χ1) is 7.42. The summed E-state index contributed by atoms with van der Waals surface area (Å²) in [6, 6.07) is 6.95. The van der Waals surface area contributed by atoms with Gasteiger partial charge in [-0.3, -0.25) is 4.79 Å². The molecule has 0 saturated carbocycles. The van der Waals surface area contributed by atoms with Crippen LogP contribution in [0.1, 0.15) is 31.1 Å². The Bertz CT molecular complexity index is 425. The zero-order valence-electron chi connectivity index (χ0n) is 10.1. The number of Topliss-reactive ketones (excluding diaryl/α,β-unsaturated/α-hetero) is 1. The van der Waals surface area contributed by atoms with Gasteiger partial charge < -0.3 is 4.74 Å². The summed E-state index contributed by atoms with van der Waals surface area (Å²) >= 11 is 0. The van der Waals surface area contributed by atoms with E-state index in [4.69, 9.17) is 4.74 Å². The molecule has 0 aliphatic heterocycles. The van der Waals surface area contributed by atoms with Gasteiger partial charge in [-0.1, -0.05) is 5.92 Å². The zero-order valence-corrected chi connectivity index (χ0v) is 10.1. The SMILES string of the molecule is COc1ccc(C(=O)C#CC(C)(C)C)cc1. The molecule has 1 aromatic carbocycles. The van der Waals surface area contributed by atoms with Crippen molar-refractivity contribution in [1.29, 1.82) is 0 Å². The van der Waals surface area contributed by atoms with E-state index in [9.17, 15) is 4.79 Å². The normalized spacial score (nSPS) is 10.2. The Morgan fingerprint density at radius 2 is 1.75 bits per heavy atom. The molecule has 0 atom stereocenters. The van der Waals surface area contributed by atoms with E-state index < -0.39 is 0 Å². The zero-order chi connectivity index (χ0) is 12.2. The minimum atomic E-state index is -0.155. The van der Waals surface area contributed by atoms with Gasteiger partial charge in [0.15, 0.2) is 0 Å². The number of ether oxygens (including phenoxy) is 1. The van der Waals surface area contributed by atoms with Crippen LogP contribution in [-0.2, 0) is 0 Å². The van der Waals surface area contributed by atoms with E-state index in [2.05, 4.69) is 11.8 Å². The van der Waals surface area contributed by atoms with Gasteiger partial charge in [-0.05, 0) is 51.0 Å². The molecule has 1 aromatic rings. The molecule has 0 aromatic heterocycles. The van der Waals surface area contributed by atoms with Gasteiger partial charge in [-0.15, -0.1) is 0 Å². The number of ketones is 1. The molecule has 0 spiro atoms. The van der Waals surface area contributed by atoms with Crippen LogP contribution >= 0.6 is 0 Å². The number of rotatable bonds is 2. The fourth-order valence-electron chi connectivity index (χ4n) is 1.06. The van der Waals surface area contributed by atoms with Crippen LogP contribution in [0.25, 0.3) is 0 Å². The number of hydrogen-bond acceptors (Lipinski definition) is 2. The van der Waals surface area contributed by atoms with Crippen molar-refractivity contribution >= 4 is 5.78 Å². The van der Waals surface area contributed by atoms with Crippen molar-refractivity contribution in [2.24, 2.45) is 5.41 Å². The van der Waals surface area contributed by atoms with Gasteiger partial charge in [0.2, 0.25) is 5.78 Å². The number of benzene rings is 1. The molecule has 1 rings (SSSR count). The fraction of sp³-hybridized carbons (Fsp3) is 0.357. The minimum Gasteiger partial charge on any atom is -0.497 e. The van der Waals surface area contributed by atoms with Gasteiger partial charge in [-0.25, -0.2) is 0 Å². The van der Waals surface area contributed by atoms with E-state index in [-0.39, 0.29) is 11.2 Å². The van der Waals surface area contributed by atoms with Gasteiger partial charge >= 0.3 is 0 Å². The molecular weight excluding hydrogens is 200 g/mol. The molecule has 0 N–H and O–H groups in total. The molecule has 0 aliphatic rings. The molecule has 0 unspecified atom stereocenters. The minimum absolute atomic E-state index is 0.151. The maximum absolute atomic E-state index is 11.7. The lowest BCUT2D eigenvalue weighted by Crippen LogP contribution is -2.02.